The van der Waals surface area contributed by atoms with E-state index >= 15 is 0 Å². The van der Waals surface area contributed by atoms with Gasteiger partial charge >= 0.3 is 0 Å². The molecule has 2 heterocycles. The van der Waals surface area contributed by atoms with E-state index in [0.717, 1.165) is 0 Å². The van der Waals surface area contributed by atoms with E-state index in [0.29, 0.717) is 42.7 Å². The zero-order valence-electron chi connectivity index (χ0n) is 12.1. The second kappa shape index (κ2) is 5.65. The number of piperidine rings is 1. The number of anilines is 1. The summed E-state index contributed by atoms with van der Waals surface area (Å²) in [5.41, 5.74) is 1.91. The smallest absolute Gasteiger partial charge is 0.227 e. The Hall–Kier alpha value is -2.00. The van der Waals surface area contributed by atoms with Crippen LogP contribution < -0.4 is 5.32 Å². The van der Waals surface area contributed by atoms with Crippen molar-refractivity contribution in [1.82, 2.24) is 19.7 Å². The van der Waals surface area contributed by atoms with Crippen LogP contribution in [0.3, 0.4) is 0 Å². The molecule has 0 atom stereocenters. The van der Waals surface area contributed by atoms with Gasteiger partial charge in [0.1, 0.15) is 11.0 Å². The lowest BCUT2D eigenvalue weighted by atomic mass is 9.97. The molecule has 1 fully saturated rings. The molecule has 0 unspecified atom stereocenters. The lowest BCUT2D eigenvalue weighted by Crippen LogP contribution is -2.40. The number of nitrogens with one attached hydrogen (secondary N) is 2. The highest BCUT2D eigenvalue weighted by Crippen LogP contribution is 2.23. The molecule has 1 saturated heterocycles. The third-order valence-corrected chi connectivity index (χ3v) is 5.20. The summed E-state index contributed by atoms with van der Waals surface area (Å²) in [6.45, 7) is 0.760. The molecule has 1 aromatic carbocycles. The van der Waals surface area contributed by atoms with Crippen molar-refractivity contribution in [2.24, 2.45) is 5.92 Å². The number of H-pyrrole nitrogens is 1. The normalized spacial score (nSPS) is 17.7. The Morgan fingerprint density at radius 1 is 1.32 bits per heavy atom. The minimum Gasteiger partial charge on any atom is -0.324 e. The highest BCUT2D eigenvalue weighted by atomic mass is 32.2. The van der Waals surface area contributed by atoms with Crippen LogP contribution in [-0.4, -0.2) is 53.4 Å². The van der Waals surface area contributed by atoms with Crippen LogP contribution in [0.4, 0.5) is 5.69 Å². The number of rotatable bonds is 3. The average Bonchev–Trinajstić information content (AvgIpc) is 2.96. The fourth-order valence-electron chi connectivity index (χ4n) is 2.65. The van der Waals surface area contributed by atoms with E-state index in [2.05, 4.69) is 20.7 Å². The quantitative estimate of drug-likeness (QED) is 0.858. The molecule has 1 aliphatic heterocycles. The minimum atomic E-state index is -3.18. The summed E-state index contributed by atoms with van der Waals surface area (Å²) in [5, 5.41) is 13.4. The van der Waals surface area contributed by atoms with E-state index in [1.165, 1.54) is 10.6 Å². The molecule has 0 spiro atoms. The van der Waals surface area contributed by atoms with E-state index < -0.39 is 10.0 Å². The van der Waals surface area contributed by atoms with Crippen LogP contribution in [0.5, 0.6) is 0 Å². The van der Waals surface area contributed by atoms with Crippen molar-refractivity contribution in [1.29, 1.82) is 0 Å². The number of amides is 1. The van der Waals surface area contributed by atoms with Gasteiger partial charge in [0.25, 0.3) is 0 Å². The Morgan fingerprint density at radius 3 is 2.73 bits per heavy atom. The molecular formula is C13H17N5O3S. The number of carbonyl (C=O) groups excluding carboxylic acids is 1. The zero-order valence-corrected chi connectivity index (χ0v) is 12.9. The monoisotopic (exact) mass is 323 g/mol. The molecule has 1 aromatic heterocycles. The predicted molar refractivity (Wildman–Crippen MR) is 81.7 cm³/mol. The van der Waals surface area contributed by atoms with E-state index in [1.807, 2.05) is 0 Å². The standard InChI is InChI=1S/C13H17N5O3S/c1-22(20,21)18-7-5-9(6-8-18)13(19)14-10-3-2-4-11-12(10)16-17-15-11/h2-4,9H,5-8H2,1H3,(H,14,19)(H,15,16,17). The molecule has 8 nitrogen and oxygen atoms in total. The van der Waals surface area contributed by atoms with Crippen LogP contribution in [0.25, 0.3) is 11.0 Å². The van der Waals surface area contributed by atoms with Gasteiger partial charge in [-0.3, -0.25) is 4.79 Å². The Kier molecular flexibility index (Phi) is 3.83. The van der Waals surface area contributed by atoms with Crippen LogP contribution in [0.2, 0.25) is 0 Å². The van der Waals surface area contributed by atoms with Crippen LogP contribution in [0.15, 0.2) is 18.2 Å². The molecule has 1 amide bonds. The Morgan fingerprint density at radius 2 is 2.05 bits per heavy atom. The maximum absolute atomic E-state index is 12.4. The Balaban J connectivity index is 1.67. The second-order valence-corrected chi connectivity index (χ2v) is 7.40. The number of hydrogen-bond donors (Lipinski definition) is 2. The zero-order chi connectivity index (χ0) is 15.7. The number of carbonyl (C=O) groups is 1. The fraction of sp³-hybridized carbons (Fsp3) is 0.462. The summed E-state index contributed by atoms with van der Waals surface area (Å²) >= 11 is 0. The van der Waals surface area contributed by atoms with Crippen molar-refractivity contribution >= 4 is 32.7 Å². The van der Waals surface area contributed by atoms with Crippen LogP contribution in [-0.2, 0) is 14.8 Å². The molecule has 1 aliphatic rings. The Labute approximate surface area is 127 Å². The number of sulfonamides is 1. The number of para-hydroxylation sites is 1. The summed E-state index contributed by atoms with van der Waals surface area (Å²) in [4.78, 5) is 12.4. The molecule has 0 aliphatic carbocycles. The van der Waals surface area contributed by atoms with Gasteiger partial charge in [-0.1, -0.05) is 6.07 Å². The average molecular weight is 323 g/mol. The van der Waals surface area contributed by atoms with Crippen molar-refractivity contribution in [3.63, 3.8) is 0 Å². The van der Waals surface area contributed by atoms with Crippen molar-refractivity contribution in [3.05, 3.63) is 18.2 Å². The third-order valence-electron chi connectivity index (χ3n) is 3.90. The van der Waals surface area contributed by atoms with Crippen LogP contribution in [0, 0.1) is 5.92 Å². The summed E-state index contributed by atoms with van der Waals surface area (Å²) in [6.07, 6.45) is 2.24. The topological polar surface area (TPSA) is 108 Å². The van der Waals surface area contributed by atoms with E-state index in [4.69, 9.17) is 0 Å². The van der Waals surface area contributed by atoms with Gasteiger partial charge in [-0.05, 0) is 25.0 Å². The van der Waals surface area contributed by atoms with Gasteiger partial charge in [0.05, 0.1) is 11.9 Å². The Bertz CT molecular complexity index is 793. The highest BCUT2D eigenvalue weighted by Gasteiger charge is 2.29. The summed E-state index contributed by atoms with van der Waals surface area (Å²) in [7, 11) is -3.18. The summed E-state index contributed by atoms with van der Waals surface area (Å²) < 4.78 is 24.4. The number of fused-ring (bicyclic) bond motifs is 1. The van der Waals surface area contributed by atoms with E-state index in [9.17, 15) is 13.2 Å². The first-order valence-corrected chi connectivity index (χ1v) is 8.85. The van der Waals surface area contributed by atoms with Crippen molar-refractivity contribution in [3.8, 4) is 0 Å². The van der Waals surface area contributed by atoms with Gasteiger partial charge in [-0.25, -0.2) is 12.7 Å². The first-order chi connectivity index (χ1) is 10.4. The third kappa shape index (κ3) is 2.95. The predicted octanol–water partition coefficient (Wildman–Crippen LogP) is 0.568. The van der Waals surface area contributed by atoms with Crippen molar-refractivity contribution < 1.29 is 13.2 Å². The number of aromatic nitrogens is 3. The number of hydrogen-bond acceptors (Lipinski definition) is 5. The lowest BCUT2D eigenvalue weighted by Gasteiger charge is -2.29. The van der Waals surface area contributed by atoms with E-state index in [-0.39, 0.29) is 11.8 Å². The second-order valence-electron chi connectivity index (χ2n) is 5.42. The highest BCUT2D eigenvalue weighted by molar-refractivity contribution is 7.88. The van der Waals surface area contributed by atoms with Gasteiger partial charge in [-0.2, -0.15) is 15.4 Å². The molecule has 0 saturated carbocycles. The van der Waals surface area contributed by atoms with Gasteiger partial charge in [0.2, 0.25) is 15.9 Å². The molecular weight excluding hydrogens is 306 g/mol. The molecule has 22 heavy (non-hydrogen) atoms. The molecule has 3 rings (SSSR count). The largest absolute Gasteiger partial charge is 0.324 e. The summed E-state index contributed by atoms with van der Waals surface area (Å²) in [6, 6.07) is 5.38. The molecule has 9 heteroatoms. The fourth-order valence-corrected chi connectivity index (χ4v) is 3.53. The van der Waals surface area contributed by atoms with Gasteiger partial charge < -0.3 is 5.32 Å². The number of nitrogens with zero attached hydrogens (tertiary/aromatic N) is 3. The summed E-state index contributed by atoms with van der Waals surface area (Å²) in [5.74, 6) is -0.302. The molecule has 118 valence electrons. The van der Waals surface area contributed by atoms with Gasteiger partial charge in [-0.15, -0.1) is 0 Å². The SMILES string of the molecule is CS(=O)(=O)N1CCC(C(=O)Nc2cccc3n[nH]nc23)CC1. The first kappa shape index (κ1) is 14.9. The van der Waals surface area contributed by atoms with Crippen LogP contribution in [0.1, 0.15) is 12.8 Å². The number of aromatic amines is 1. The molecule has 2 N–H and O–H groups in total. The first-order valence-electron chi connectivity index (χ1n) is 7.00. The molecule has 0 radical (unpaired) electrons. The van der Waals surface area contributed by atoms with Gasteiger partial charge in [0.15, 0.2) is 0 Å². The van der Waals surface area contributed by atoms with Crippen molar-refractivity contribution in [2.75, 3.05) is 24.7 Å². The number of benzene rings is 1. The molecule has 2 aromatic rings. The van der Waals surface area contributed by atoms with Crippen molar-refractivity contribution in [2.45, 2.75) is 12.8 Å². The lowest BCUT2D eigenvalue weighted by molar-refractivity contribution is -0.120. The van der Waals surface area contributed by atoms with E-state index in [1.54, 1.807) is 18.2 Å². The van der Waals surface area contributed by atoms with Crippen LogP contribution >= 0.6 is 0 Å². The molecule has 0 bridgehead atoms. The minimum absolute atomic E-state index is 0.108. The maximum Gasteiger partial charge on any atom is 0.227 e. The maximum atomic E-state index is 12.4. The van der Waals surface area contributed by atoms with Gasteiger partial charge in [0, 0.05) is 19.0 Å².